The number of ketones is 1. The van der Waals surface area contributed by atoms with Gasteiger partial charge in [0.2, 0.25) is 0 Å². The summed E-state index contributed by atoms with van der Waals surface area (Å²) in [7, 11) is 0. The fourth-order valence-electron chi connectivity index (χ4n) is 6.08. The standard InChI is InChI=1S/C32H36F3N7O3S.Na/c1-20(2)25-5-4-7-42(25)19-27-31(21-13-22(32(33,34)35)15-23(14-21)36-3)39-29(46-27)16-26(43)24-17-38-28(18-37-24)41-11-9-40(10-12-41)8-6-30(44)45;/h13-15,17-18,20,25H,4-12,16,19H2,1-2H3,(H,44,45);/q;+1/p-1/t25-;/m0./s1. The number of halogens is 3. The zero-order valence-electron chi connectivity index (χ0n) is 26.7. The van der Waals surface area contributed by atoms with Gasteiger partial charge in [-0.1, -0.05) is 13.8 Å². The fourth-order valence-corrected chi connectivity index (χ4v) is 7.19. The van der Waals surface area contributed by atoms with Crippen molar-refractivity contribution < 1.29 is 57.4 Å². The van der Waals surface area contributed by atoms with Gasteiger partial charge in [-0.05, 0) is 55.5 Å². The smallest absolute Gasteiger partial charge is 0.550 e. The minimum absolute atomic E-state index is 0. The summed E-state index contributed by atoms with van der Waals surface area (Å²) in [6.45, 7) is 16.1. The van der Waals surface area contributed by atoms with Gasteiger partial charge in [0.15, 0.2) is 11.5 Å². The number of carbonyl (C=O) groups excluding carboxylic acids is 2. The number of anilines is 1. The maximum atomic E-state index is 13.7. The molecule has 2 aliphatic rings. The molecular weight excluding hydrogens is 642 g/mol. The van der Waals surface area contributed by atoms with Crippen LogP contribution in [-0.4, -0.2) is 81.8 Å². The monoisotopic (exact) mass is 677 g/mol. The molecule has 10 nitrogen and oxygen atoms in total. The number of hydrogen-bond donors (Lipinski definition) is 0. The van der Waals surface area contributed by atoms with Crippen molar-refractivity contribution in [1.29, 1.82) is 0 Å². The first-order chi connectivity index (χ1) is 21.9. The van der Waals surface area contributed by atoms with Crippen molar-refractivity contribution in [3.8, 4) is 11.3 Å². The van der Waals surface area contributed by atoms with E-state index < -0.39 is 17.7 Å². The number of aliphatic carboxylic acids is 1. The molecule has 2 aromatic heterocycles. The fraction of sp³-hybridized carbons (Fsp3) is 0.500. The minimum Gasteiger partial charge on any atom is -0.550 e. The summed E-state index contributed by atoms with van der Waals surface area (Å²) < 4.78 is 41.2. The maximum Gasteiger partial charge on any atom is 1.00 e. The van der Waals surface area contributed by atoms with E-state index in [2.05, 4.69) is 38.5 Å². The zero-order valence-corrected chi connectivity index (χ0v) is 29.5. The number of alkyl halides is 3. The Morgan fingerprint density at radius 2 is 1.85 bits per heavy atom. The van der Waals surface area contributed by atoms with Gasteiger partial charge in [0, 0.05) is 61.7 Å². The Kier molecular flexibility index (Phi) is 12.5. The molecule has 244 valence electrons. The quantitative estimate of drug-likeness (QED) is 0.170. The van der Waals surface area contributed by atoms with E-state index in [0.29, 0.717) is 67.7 Å². The van der Waals surface area contributed by atoms with E-state index in [0.717, 1.165) is 36.4 Å². The molecule has 2 aliphatic heterocycles. The van der Waals surface area contributed by atoms with Gasteiger partial charge in [-0.25, -0.2) is 19.8 Å². The number of hydrogen-bond acceptors (Lipinski definition) is 10. The third-order valence-electron chi connectivity index (χ3n) is 8.48. The van der Waals surface area contributed by atoms with Crippen LogP contribution in [0.4, 0.5) is 24.7 Å². The Balaban J connectivity index is 0.00000500. The van der Waals surface area contributed by atoms with Gasteiger partial charge >= 0.3 is 35.7 Å². The van der Waals surface area contributed by atoms with Crippen molar-refractivity contribution in [1.82, 2.24) is 24.8 Å². The van der Waals surface area contributed by atoms with Crippen LogP contribution in [0.1, 0.15) is 59.0 Å². The molecule has 0 bridgehead atoms. The van der Waals surface area contributed by atoms with Gasteiger partial charge in [-0.2, -0.15) is 13.2 Å². The number of aromatic nitrogens is 3. The first-order valence-corrected chi connectivity index (χ1v) is 16.1. The SMILES string of the molecule is [C-]#[N+]c1cc(-c2nc(CC(=O)c3cnc(N4CCN(CCC(=O)[O-])CC4)cn3)sc2CN2CCC[C@H]2C(C)C)cc(C(F)(F)F)c1.[Na+]. The Morgan fingerprint density at radius 1 is 1.11 bits per heavy atom. The molecule has 0 unspecified atom stereocenters. The third kappa shape index (κ3) is 9.37. The number of benzene rings is 1. The summed E-state index contributed by atoms with van der Waals surface area (Å²) in [5, 5.41) is 11.2. The molecule has 0 spiro atoms. The number of rotatable bonds is 11. The van der Waals surface area contributed by atoms with Crippen LogP contribution in [-0.2, 0) is 23.9 Å². The Labute approximate surface area is 298 Å². The molecule has 0 saturated carbocycles. The van der Waals surface area contributed by atoms with Crippen LogP contribution in [0.15, 0.2) is 30.6 Å². The van der Waals surface area contributed by atoms with Crippen molar-refractivity contribution in [3.05, 3.63) is 63.2 Å². The largest absolute Gasteiger partial charge is 1.00 e. The predicted octanol–water partition coefficient (Wildman–Crippen LogP) is 1.48. The molecule has 2 saturated heterocycles. The first-order valence-electron chi connectivity index (χ1n) is 15.3. The summed E-state index contributed by atoms with van der Waals surface area (Å²) in [5.74, 6) is -0.373. The van der Waals surface area contributed by atoms with Gasteiger partial charge in [0.1, 0.15) is 16.5 Å². The maximum absolute atomic E-state index is 13.7. The van der Waals surface area contributed by atoms with Crippen LogP contribution in [0, 0.1) is 12.5 Å². The number of nitrogens with zero attached hydrogens (tertiary/aromatic N) is 7. The molecule has 5 rings (SSSR count). The van der Waals surface area contributed by atoms with Crippen LogP contribution in [0.25, 0.3) is 16.1 Å². The Morgan fingerprint density at radius 3 is 2.47 bits per heavy atom. The second-order valence-electron chi connectivity index (χ2n) is 12.0. The Bertz CT molecular complexity index is 1600. The number of carbonyl (C=O) groups is 2. The summed E-state index contributed by atoms with van der Waals surface area (Å²) in [6.07, 6.45) is 0.287. The number of likely N-dealkylation sites (tertiary alicyclic amines) is 1. The second kappa shape index (κ2) is 16.0. The third-order valence-corrected chi connectivity index (χ3v) is 9.52. The summed E-state index contributed by atoms with van der Waals surface area (Å²) >= 11 is 1.30. The molecule has 0 aliphatic carbocycles. The van der Waals surface area contributed by atoms with E-state index in [1.165, 1.54) is 29.8 Å². The van der Waals surface area contributed by atoms with Crippen molar-refractivity contribution in [2.75, 3.05) is 44.2 Å². The van der Waals surface area contributed by atoms with E-state index >= 15 is 0 Å². The van der Waals surface area contributed by atoms with Crippen LogP contribution in [0.2, 0.25) is 0 Å². The van der Waals surface area contributed by atoms with Gasteiger partial charge < -0.3 is 14.8 Å². The van der Waals surface area contributed by atoms with Gasteiger partial charge in [-0.15, -0.1) is 11.3 Å². The summed E-state index contributed by atoms with van der Waals surface area (Å²) in [6, 6.07) is 3.61. The van der Waals surface area contributed by atoms with Crippen molar-refractivity contribution >= 4 is 34.6 Å². The predicted molar refractivity (Wildman–Crippen MR) is 165 cm³/mol. The average molecular weight is 678 g/mol. The minimum atomic E-state index is -4.63. The summed E-state index contributed by atoms with van der Waals surface area (Å²) in [5.41, 5.74) is -0.322. The van der Waals surface area contributed by atoms with Crippen LogP contribution in [0.5, 0.6) is 0 Å². The van der Waals surface area contributed by atoms with Crippen LogP contribution in [0.3, 0.4) is 0 Å². The Hall–Kier alpha value is -2.93. The second-order valence-corrected chi connectivity index (χ2v) is 13.2. The molecular formula is C32H35F3N7NaO3S. The topological polar surface area (TPSA) is 110 Å². The zero-order chi connectivity index (χ0) is 33.0. The molecule has 2 fully saturated rings. The molecule has 0 amide bonds. The number of carboxylic acid groups (broad SMARTS) is 1. The molecule has 1 atom stereocenters. The molecule has 0 radical (unpaired) electrons. The normalized spacial score (nSPS) is 17.5. The van der Waals surface area contributed by atoms with E-state index in [-0.39, 0.29) is 65.1 Å². The first kappa shape index (κ1) is 36.9. The van der Waals surface area contributed by atoms with E-state index in [9.17, 15) is 27.9 Å². The average Bonchev–Trinajstić information content (AvgIpc) is 3.67. The van der Waals surface area contributed by atoms with Crippen LogP contribution >= 0.6 is 11.3 Å². The molecule has 4 heterocycles. The van der Waals surface area contributed by atoms with E-state index in [1.807, 2.05) is 9.80 Å². The van der Waals surface area contributed by atoms with Gasteiger partial charge in [-0.3, -0.25) is 14.6 Å². The van der Waals surface area contributed by atoms with Crippen molar-refractivity contribution in [2.45, 2.75) is 58.3 Å². The molecule has 47 heavy (non-hydrogen) atoms. The summed E-state index contributed by atoms with van der Waals surface area (Å²) in [4.78, 5) is 47.9. The van der Waals surface area contributed by atoms with Crippen LogP contribution < -0.4 is 39.6 Å². The molecule has 3 aromatic rings. The molecule has 1 aromatic carbocycles. The van der Waals surface area contributed by atoms with E-state index in [4.69, 9.17) is 6.57 Å². The van der Waals surface area contributed by atoms with Gasteiger partial charge in [0.25, 0.3) is 0 Å². The number of carboxylic acids is 1. The number of Topliss-reactive ketones (excluding diaryl/α,β-unsaturated/α-hetero) is 1. The molecule has 0 N–H and O–H groups in total. The van der Waals surface area contributed by atoms with Gasteiger partial charge in [0.05, 0.1) is 31.1 Å². The van der Waals surface area contributed by atoms with E-state index in [1.54, 1.807) is 0 Å². The van der Waals surface area contributed by atoms with Crippen molar-refractivity contribution in [2.24, 2.45) is 5.92 Å². The number of thiazole rings is 1. The molecule has 15 heteroatoms. The van der Waals surface area contributed by atoms with Crippen molar-refractivity contribution in [3.63, 3.8) is 0 Å². The number of piperazine rings is 1.